The van der Waals surface area contributed by atoms with E-state index in [1.54, 1.807) is 7.11 Å². The Labute approximate surface area is 153 Å². The van der Waals surface area contributed by atoms with Gasteiger partial charge >= 0.3 is 0 Å². The van der Waals surface area contributed by atoms with Crippen LogP contribution in [0.3, 0.4) is 0 Å². The van der Waals surface area contributed by atoms with Crippen LogP contribution in [0.2, 0.25) is 0 Å². The molecule has 26 heavy (non-hydrogen) atoms. The lowest BCUT2D eigenvalue weighted by atomic mass is 10.2. The Morgan fingerprint density at radius 2 is 1.85 bits per heavy atom. The quantitative estimate of drug-likeness (QED) is 0.784. The minimum Gasteiger partial charge on any atom is -0.481 e. The van der Waals surface area contributed by atoms with Gasteiger partial charge in [0.05, 0.1) is 13.7 Å². The molecule has 7 heteroatoms. The van der Waals surface area contributed by atoms with E-state index in [2.05, 4.69) is 14.9 Å². The van der Waals surface area contributed by atoms with E-state index in [0.717, 1.165) is 24.5 Å². The Balaban J connectivity index is 1.47. The number of hydrogen-bond donors (Lipinski definition) is 0. The third-order valence-corrected chi connectivity index (χ3v) is 4.30. The highest BCUT2D eigenvalue weighted by molar-refractivity contribution is 5.77. The van der Waals surface area contributed by atoms with Crippen LogP contribution in [0.4, 0.5) is 5.82 Å². The van der Waals surface area contributed by atoms with Gasteiger partial charge in [-0.3, -0.25) is 4.79 Å². The van der Waals surface area contributed by atoms with Gasteiger partial charge in [-0.1, -0.05) is 30.3 Å². The molecule has 1 amide bonds. The highest BCUT2D eigenvalue weighted by Gasteiger charge is 2.22. The van der Waals surface area contributed by atoms with Crippen LogP contribution in [-0.4, -0.2) is 60.7 Å². The zero-order valence-corrected chi connectivity index (χ0v) is 15.2. The summed E-state index contributed by atoms with van der Waals surface area (Å²) in [5, 5.41) is 0. The van der Waals surface area contributed by atoms with Gasteiger partial charge in [-0.15, -0.1) is 0 Å². The second-order valence-electron chi connectivity index (χ2n) is 6.16. The predicted octanol–water partition coefficient (Wildman–Crippen LogP) is 1.66. The maximum absolute atomic E-state index is 12.3. The monoisotopic (exact) mass is 356 g/mol. The molecule has 0 radical (unpaired) electrons. The number of nitrogens with zero attached hydrogens (tertiary/aromatic N) is 4. The van der Waals surface area contributed by atoms with Crippen molar-refractivity contribution in [2.75, 3.05) is 44.8 Å². The largest absolute Gasteiger partial charge is 0.481 e. The first-order chi connectivity index (χ1) is 12.7. The average Bonchev–Trinajstić information content (AvgIpc) is 2.68. The highest BCUT2D eigenvalue weighted by Crippen LogP contribution is 2.19. The topological polar surface area (TPSA) is 67.8 Å². The third kappa shape index (κ3) is 4.70. The molecule has 0 bridgehead atoms. The summed E-state index contributed by atoms with van der Waals surface area (Å²) in [4.78, 5) is 25.0. The summed E-state index contributed by atoms with van der Waals surface area (Å²) in [6.45, 7) is 5.16. The molecule has 0 unspecified atom stereocenters. The highest BCUT2D eigenvalue weighted by atomic mass is 16.5. The van der Waals surface area contributed by atoms with Gasteiger partial charge in [0.2, 0.25) is 11.8 Å². The first kappa shape index (κ1) is 18.1. The molecule has 1 aromatic heterocycles. The van der Waals surface area contributed by atoms with Crippen molar-refractivity contribution in [2.45, 2.75) is 13.5 Å². The van der Waals surface area contributed by atoms with E-state index in [0.29, 0.717) is 31.4 Å². The number of piperazine rings is 1. The number of ether oxygens (including phenoxy) is 2. The van der Waals surface area contributed by atoms with E-state index in [9.17, 15) is 4.79 Å². The van der Waals surface area contributed by atoms with Crippen molar-refractivity contribution in [2.24, 2.45) is 0 Å². The number of amides is 1. The molecule has 1 aliphatic rings. The fourth-order valence-electron chi connectivity index (χ4n) is 2.90. The number of anilines is 1. The lowest BCUT2D eigenvalue weighted by molar-refractivity contribution is -0.136. The van der Waals surface area contributed by atoms with Crippen molar-refractivity contribution >= 4 is 11.7 Å². The van der Waals surface area contributed by atoms with Crippen LogP contribution in [0.25, 0.3) is 0 Å². The van der Waals surface area contributed by atoms with Gasteiger partial charge < -0.3 is 19.3 Å². The molecule has 0 N–H and O–H groups in total. The third-order valence-electron chi connectivity index (χ3n) is 4.30. The van der Waals surface area contributed by atoms with E-state index in [1.807, 2.05) is 48.2 Å². The number of carbonyl (C=O) groups is 1. The Morgan fingerprint density at radius 1 is 1.12 bits per heavy atom. The Kier molecular flexibility index (Phi) is 6.01. The molecule has 2 heterocycles. The second kappa shape index (κ2) is 8.62. The van der Waals surface area contributed by atoms with Crippen LogP contribution in [0.15, 0.2) is 36.4 Å². The fraction of sp³-hybridized carbons (Fsp3) is 0.421. The first-order valence-corrected chi connectivity index (χ1v) is 8.70. The van der Waals surface area contributed by atoms with E-state index >= 15 is 0 Å². The summed E-state index contributed by atoms with van der Waals surface area (Å²) in [6, 6.07) is 11.7. The molecule has 0 aliphatic carbocycles. The van der Waals surface area contributed by atoms with Gasteiger partial charge in [-0.25, -0.2) is 4.98 Å². The van der Waals surface area contributed by atoms with Crippen molar-refractivity contribution in [3.63, 3.8) is 0 Å². The zero-order chi connectivity index (χ0) is 18.4. The van der Waals surface area contributed by atoms with Gasteiger partial charge in [0.1, 0.15) is 18.2 Å². The predicted molar refractivity (Wildman–Crippen MR) is 98.2 cm³/mol. The van der Waals surface area contributed by atoms with Gasteiger partial charge in [0.15, 0.2) is 0 Å². The molecule has 1 aromatic carbocycles. The SMILES string of the molecule is COc1cc(N2CCN(C(=O)COCc3ccccc3)CC2)nc(C)n1. The zero-order valence-electron chi connectivity index (χ0n) is 15.2. The minimum absolute atomic E-state index is 0.0250. The van der Waals surface area contributed by atoms with Gasteiger partial charge in [0, 0.05) is 32.2 Å². The average molecular weight is 356 g/mol. The normalized spacial score (nSPS) is 14.4. The summed E-state index contributed by atoms with van der Waals surface area (Å²) >= 11 is 0. The Bertz CT molecular complexity index is 731. The van der Waals surface area contributed by atoms with E-state index in [-0.39, 0.29) is 12.5 Å². The molecule has 0 spiro atoms. The van der Waals surface area contributed by atoms with Crippen molar-refractivity contribution in [3.8, 4) is 5.88 Å². The van der Waals surface area contributed by atoms with E-state index in [4.69, 9.17) is 9.47 Å². The molecule has 1 aliphatic heterocycles. The van der Waals surface area contributed by atoms with Crippen molar-refractivity contribution in [1.29, 1.82) is 0 Å². The minimum atomic E-state index is 0.0250. The van der Waals surface area contributed by atoms with Crippen LogP contribution < -0.4 is 9.64 Å². The maximum atomic E-state index is 12.3. The number of benzene rings is 1. The van der Waals surface area contributed by atoms with Gasteiger partial charge in [0.25, 0.3) is 0 Å². The van der Waals surface area contributed by atoms with Gasteiger partial charge in [-0.05, 0) is 12.5 Å². The number of aryl methyl sites for hydroxylation is 1. The molecule has 1 saturated heterocycles. The molecular weight excluding hydrogens is 332 g/mol. The molecule has 0 saturated carbocycles. The summed E-state index contributed by atoms with van der Waals surface area (Å²) < 4.78 is 10.8. The summed E-state index contributed by atoms with van der Waals surface area (Å²) in [7, 11) is 1.59. The Morgan fingerprint density at radius 3 is 2.54 bits per heavy atom. The standard InChI is InChI=1S/C19H24N4O3/c1-15-20-17(12-18(21-15)25-2)22-8-10-23(11-9-22)19(24)14-26-13-16-6-4-3-5-7-16/h3-7,12H,8-11,13-14H2,1-2H3. The van der Waals surface area contributed by atoms with Gasteiger partial charge in [-0.2, -0.15) is 4.98 Å². The number of methoxy groups -OCH3 is 1. The Hall–Kier alpha value is -2.67. The fourth-order valence-corrected chi connectivity index (χ4v) is 2.90. The van der Waals surface area contributed by atoms with Crippen molar-refractivity contribution < 1.29 is 14.3 Å². The summed E-state index contributed by atoms with van der Waals surface area (Å²) in [6.07, 6.45) is 0. The molecule has 7 nitrogen and oxygen atoms in total. The van der Waals surface area contributed by atoms with Crippen LogP contribution in [-0.2, 0) is 16.1 Å². The van der Waals surface area contributed by atoms with E-state index in [1.165, 1.54) is 0 Å². The number of aromatic nitrogens is 2. The molecular formula is C19H24N4O3. The summed E-state index contributed by atoms with van der Waals surface area (Å²) in [5.74, 6) is 2.09. The molecule has 3 rings (SSSR count). The van der Waals surface area contributed by atoms with Crippen molar-refractivity contribution in [1.82, 2.24) is 14.9 Å². The van der Waals surface area contributed by atoms with Crippen LogP contribution in [0.5, 0.6) is 5.88 Å². The first-order valence-electron chi connectivity index (χ1n) is 8.70. The number of hydrogen-bond acceptors (Lipinski definition) is 6. The van der Waals surface area contributed by atoms with Crippen LogP contribution in [0.1, 0.15) is 11.4 Å². The number of rotatable bonds is 6. The molecule has 0 atom stereocenters. The molecule has 2 aromatic rings. The molecule has 138 valence electrons. The van der Waals surface area contributed by atoms with Crippen molar-refractivity contribution in [3.05, 3.63) is 47.8 Å². The lowest BCUT2D eigenvalue weighted by Gasteiger charge is -2.35. The summed E-state index contributed by atoms with van der Waals surface area (Å²) in [5.41, 5.74) is 1.07. The van der Waals surface area contributed by atoms with E-state index < -0.39 is 0 Å². The smallest absolute Gasteiger partial charge is 0.248 e. The lowest BCUT2D eigenvalue weighted by Crippen LogP contribution is -2.50. The maximum Gasteiger partial charge on any atom is 0.248 e. The second-order valence-corrected chi connectivity index (χ2v) is 6.16. The van der Waals surface area contributed by atoms with Crippen LogP contribution >= 0.6 is 0 Å². The number of carbonyl (C=O) groups excluding carboxylic acids is 1. The molecule has 1 fully saturated rings. The van der Waals surface area contributed by atoms with Crippen LogP contribution in [0, 0.1) is 6.92 Å².